The molecule has 0 heterocycles. The van der Waals surface area contributed by atoms with Crippen molar-refractivity contribution in [1.82, 2.24) is 0 Å². The van der Waals surface area contributed by atoms with Crippen LogP contribution in [0.25, 0.3) is 0 Å². The Kier molecular flexibility index (Phi) is 6.64. The zero-order valence-corrected chi connectivity index (χ0v) is 9.70. The van der Waals surface area contributed by atoms with E-state index in [0.29, 0.717) is 6.42 Å². The van der Waals surface area contributed by atoms with Crippen molar-refractivity contribution in [1.29, 1.82) is 0 Å². The summed E-state index contributed by atoms with van der Waals surface area (Å²) in [7, 11) is -4.64. The van der Waals surface area contributed by atoms with Crippen molar-refractivity contribution < 1.29 is 29.1 Å². The smallest absolute Gasteiger partial charge is 0.466 e. The Balaban J connectivity index is 0.000000437. The lowest BCUT2D eigenvalue weighted by molar-refractivity contribution is -0.138. The number of carboxylic acid groups (broad SMARTS) is 1. The summed E-state index contributed by atoms with van der Waals surface area (Å²) in [6, 6.07) is 8.54. The molecule has 1 atom stereocenters. The lowest BCUT2D eigenvalue weighted by Gasteiger charge is -2.04. The van der Waals surface area contributed by atoms with Crippen molar-refractivity contribution >= 4 is 13.8 Å². The third kappa shape index (κ3) is 11.0. The van der Waals surface area contributed by atoms with E-state index in [4.69, 9.17) is 30.1 Å². The monoisotopic (exact) mass is 263 g/mol. The van der Waals surface area contributed by atoms with Crippen LogP contribution in [0.2, 0.25) is 0 Å². The normalized spacial score (nSPS) is 12.2. The van der Waals surface area contributed by atoms with Gasteiger partial charge in [0.05, 0.1) is 0 Å². The Hall–Kier alpha value is -1.24. The molecule has 0 radical (unpaired) electrons. The van der Waals surface area contributed by atoms with Gasteiger partial charge in [-0.15, -0.1) is 0 Å². The number of hydrogen-bond donors (Lipinski definition) is 5. The largest absolute Gasteiger partial charge is 0.480 e. The van der Waals surface area contributed by atoms with Crippen LogP contribution in [0.5, 0.6) is 0 Å². The van der Waals surface area contributed by atoms with Crippen LogP contribution >= 0.6 is 7.82 Å². The minimum atomic E-state index is -4.64. The fourth-order valence-electron chi connectivity index (χ4n) is 0.955. The van der Waals surface area contributed by atoms with Crippen molar-refractivity contribution in [3.05, 3.63) is 35.9 Å². The summed E-state index contributed by atoms with van der Waals surface area (Å²) < 4.78 is 8.88. The SMILES string of the molecule is N[C@@H](Cc1ccccc1)C(=O)O.O=P(O)(O)O. The molecular weight excluding hydrogens is 249 g/mol. The predicted molar refractivity (Wildman–Crippen MR) is 60.0 cm³/mol. The Morgan fingerprint density at radius 2 is 1.65 bits per heavy atom. The van der Waals surface area contributed by atoms with E-state index in [9.17, 15) is 4.79 Å². The lowest BCUT2D eigenvalue weighted by Crippen LogP contribution is -2.32. The first-order chi connectivity index (χ1) is 7.70. The molecule has 96 valence electrons. The van der Waals surface area contributed by atoms with Gasteiger partial charge in [0.1, 0.15) is 6.04 Å². The molecule has 0 aliphatic heterocycles. The van der Waals surface area contributed by atoms with E-state index in [2.05, 4.69) is 0 Å². The molecule has 0 bridgehead atoms. The van der Waals surface area contributed by atoms with Gasteiger partial charge in [-0.25, -0.2) is 4.57 Å². The van der Waals surface area contributed by atoms with Gasteiger partial charge in [-0.2, -0.15) is 0 Å². The molecule has 1 aromatic carbocycles. The van der Waals surface area contributed by atoms with E-state index < -0.39 is 19.8 Å². The fourth-order valence-corrected chi connectivity index (χ4v) is 0.955. The highest BCUT2D eigenvalue weighted by molar-refractivity contribution is 7.45. The second-order valence-electron chi connectivity index (χ2n) is 3.15. The molecule has 0 unspecified atom stereocenters. The standard InChI is InChI=1S/C9H11NO2.H3O4P/c10-8(9(11)12)6-7-4-2-1-3-5-7;1-5(2,3)4/h1-5,8H,6,10H2,(H,11,12);(H3,1,2,3,4)/t8-;/m0./s1. The van der Waals surface area contributed by atoms with Crippen LogP contribution in [0.4, 0.5) is 0 Å². The van der Waals surface area contributed by atoms with E-state index in [1.807, 2.05) is 30.3 Å². The molecule has 0 amide bonds. The number of phosphoric acid groups is 1. The van der Waals surface area contributed by atoms with Crippen LogP contribution in [0.15, 0.2) is 30.3 Å². The summed E-state index contributed by atoms with van der Waals surface area (Å²) in [4.78, 5) is 31.9. The number of benzene rings is 1. The zero-order chi connectivity index (χ0) is 13.5. The van der Waals surface area contributed by atoms with Crippen molar-refractivity contribution in [2.24, 2.45) is 5.73 Å². The van der Waals surface area contributed by atoms with Crippen molar-refractivity contribution in [3.63, 3.8) is 0 Å². The van der Waals surface area contributed by atoms with Crippen LogP contribution in [0.3, 0.4) is 0 Å². The Morgan fingerprint density at radius 3 is 2.00 bits per heavy atom. The summed E-state index contributed by atoms with van der Waals surface area (Å²) in [5.41, 5.74) is 6.30. The molecule has 0 aromatic heterocycles. The van der Waals surface area contributed by atoms with Crippen LogP contribution < -0.4 is 5.73 Å². The Morgan fingerprint density at radius 1 is 1.24 bits per heavy atom. The van der Waals surface area contributed by atoms with Crippen molar-refractivity contribution in [2.75, 3.05) is 0 Å². The lowest BCUT2D eigenvalue weighted by atomic mass is 10.1. The first-order valence-electron chi connectivity index (χ1n) is 4.50. The number of carboxylic acids is 1. The van der Waals surface area contributed by atoms with E-state index in [1.165, 1.54) is 0 Å². The number of hydrogen-bond acceptors (Lipinski definition) is 3. The molecule has 0 spiro atoms. The van der Waals surface area contributed by atoms with Gasteiger partial charge in [0.25, 0.3) is 0 Å². The fraction of sp³-hybridized carbons (Fsp3) is 0.222. The number of carbonyl (C=O) groups is 1. The highest BCUT2D eigenvalue weighted by atomic mass is 31.2. The number of nitrogens with two attached hydrogens (primary N) is 1. The molecule has 17 heavy (non-hydrogen) atoms. The molecule has 1 rings (SSSR count). The first-order valence-corrected chi connectivity index (χ1v) is 6.07. The summed E-state index contributed by atoms with van der Waals surface area (Å²) in [5.74, 6) is -0.959. The van der Waals surface area contributed by atoms with Crippen LogP contribution in [-0.4, -0.2) is 31.8 Å². The van der Waals surface area contributed by atoms with Gasteiger partial charge in [0.15, 0.2) is 0 Å². The van der Waals surface area contributed by atoms with Gasteiger partial charge in [-0.05, 0) is 12.0 Å². The molecule has 0 saturated heterocycles. The first kappa shape index (κ1) is 15.8. The quantitative estimate of drug-likeness (QED) is 0.472. The van der Waals surface area contributed by atoms with Crippen molar-refractivity contribution in [2.45, 2.75) is 12.5 Å². The molecule has 0 fully saturated rings. The summed E-state index contributed by atoms with van der Waals surface area (Å²) in [6.45, 7) is 0. The average molecular weight is 263 g/mol. The predicted octanol–water partition coefficient (Wildman–Crippen LogP) is -0.288. The minimum Gasteiger partial charge on any atom is -0.480 e. The summed E-state index contributed by atoms with van der Waals surface area (Å²) in [6.07, 6.45) is 0.385. The maximum absolute atomic E-state index is 10.4. The van der Waals surface area contributed by atoms with Gasteiger partial charge in [0, 0.05) is 0 Å². The molecule has 0 aliphatic carbocycles. The van der Waals surface area contributed by atoms with Gasteiger partial charge in [0.2, 0.25) is 0 Å². The second-order valence-corrected chi connectivity index (χ2v) is 4.17. The van der Waals surface area contributed by atoms with Gasteiger partial charge in [-0.3, -0.25) is 4.79 Å². The summed E-state index contributed by atoms with van der Waals surface area (Å²) >= 11 is 0. The van der Waals surface area contributed by atoms with Crippen LogP contribution in [0.1, 0.15) is 5.56 Å². The van der Waals surface area contributed by atoms with Gasteiger partial charge in [-0.1, -0.05) is 30.3 Å². The topological polar surface area (TPSA) is 141 Å². The zero-order valence-electron chi connectivity index (χ0n) is 8.80. The third-order valence-electron chi connectivity index (χ3n) is 1.62. The summed E-state index contributed by atoms with van der Waals surface area (Å²) in [5, 5.41) is 8.52. The molecule has 0 saturated carbocycles. The van der Waals surface area contributed by atoms with Gasteiger partial charge >= 0.3 is 13.8 Å². The third-order valence-corrected chi connectivity index (χ3v) is 1.62. The Labute approximate surface area is 97.8 Å². The molecule has 0 aliphatic rings. The Bertz CT molecular complexity index is 381. The average Bonchev–Trinajstić information content (AvgIpc) is 2.16. The van der Waals surface area contributed by atoms with E-state index in [-0.39, 0.29) is 0 Å². The highest BCUT2D eigenvalue weighted by Gasteiger charge is 2.10. The van der Waals surface area contributed by atoms with Gasteiger partial charge < -0.3 is 25.5 Å². The molecule has 1 aromatic rings. The highest BCUT2D eigenvalue weighted by Crippen LogP contribution is 2.25. The van der Waals surface area contributed by atoms with Crippen molar-refractivity contribution in [3.8, 4) is 0 Å². The maximum Gasteiger partial charge on any atom is 0.466 e. The van der Waals surface area contributed by atoms with Crippen LogP contribution in [-0.2, 0) is 15.8 Å². The van der Waals surface area contributed by atoms with E-state index in [0.717, 1.165) is 5.56 Å². The second kappa shape index (κ2) is 7.16. The maximum atomic E-state index is 10.4. The van der Waals surface area contributed by atoms with E-state index in [1.54, 1.807) is 0 Å². The minimum absolute atomic E-state index is 0.385. The number of rotatable bonds is 3. The molecule has 7 nitrogen and oxygen atoms in total. The molecule has 8 heteroatoms. The van der Waals surface area contributed by atoms with E-state index >= 15 is 0 Å². The van der Waals surface area contributed by atoms with Crippen LogP contribution in [0, 0.1) is 0 Å². The molecule has 6 N–H and O–H groups in total. The molecular formula is C9H14NO6P. The number of aliphatic carboxylic acids is 1.